The van der Waals surface area contributed by atoms with Gasteiger partial charge in [-0.25, -0.2) is 0 Å². The predicted octanol–water partition coefficient (Wildman–Crippen LogP) is 3.82. The van der Waals surface area contributed by atoms with Crippen LogP contribution in [0.4, 0.5) is 0 Å². The first-order valence-corrected chi connectivity index (χ1v) is 6.35. The number of rotatable bonds is 3. The average molecular weight is 243 g/mol. The van der Waals surface area contributed by atoms with Gasteiger partial charge in [0, 0.05) is 12.5 Å². The molecule has 2 heteroatoms. The molecule has 0 amide bonds. The molecule has 96 valence electrons. The number of nitrogens with two attached hydrogens (primary N) is 1. The maximum atomic E-state index is 6.19. The minimum atomic E-state index is -0.00910. The fourth-order valence-electron chi connectivity index (χ4n) is 1.99. The van der Waals surface area contributed by atoms with Gasteiger partial charge in [0.05, 0.1) is 6.26 Å². The summed E-state index contributed by atoms with van der Waals surface area (Å²) < 4.78 is 5.32. The van der Waals surface area contributed by atoms with Crippen LogP contribution in [0.15, 0.2) is 47.1 Å². The lowest BCUT2D eigenvalue weighted by Gasteiger charge is -2.20. The summed E-state index contributed by atoms with van der Waals surface area (Å²) in [5.41, 5.74) is 8.85. The Morgan fingerprint density at radius 1 is 1.11 bits per heavy atom. The van der Waals surface area contributed by atoms with E-state index >= 15 is 0 Å². The van der Waals surface area contributed by atoms with E-state index in [0.717, 1.165) is 17.7 Å². The number of hydrogen-bond acceptors (Lipinski definition) is 2. The third-order valence-corrected chi connectivity index (χ3v) is 3.21. The fraction of sp³-hybridized carbons (Fsp3) is 0.375. The summed E-state index contributed by atoms with van der Waals surface area (Å²) in [5, 5.41) is 0. The molecule has 2 aromatic rings. The van der Waals surface area contributed by atoms with Gasteiger partial charge in [0.15, 0.2) is 0 Å². The molecule has 1 unspecified atom stereocenters. The fourth-order valence-corrected chi connectivity index (χ4v) is 1.99. The normalized spacial score (nSPS) is 13.6. The maximum absolute atomic E-state index is 6.19. The van der Waals surface area contributed by atoms with Crippen molar-refractivity contribution in [3.05, 3.63) is 59.5 Å². The molecule has 0 radical (unpaired) electrons. The highest BCUT2D eigenvalue weighted by Crippen LogP contribution is 2.24. The largest absolute Gasteiger partial charge is 0.469 e. The van der Waals surface area contributed by atoms with E-state index in [-0.39, 0.29) is 11.5 Å². The second-order valence-corrected chi connectivity index (χ2v) is 5.76. The lowest BCUT2D eigenvalue weighted by atomic mass is 9.86. The molecule has 0 spiro atoms. The predicted molar refractivity (Wildman–Crippen MR) is 74.5 cm³/mol. The lowest BCUT2D eigenvalue weighted by molar-refractivity contribution is 0.488. The molecule has 0 saturated carbocycles. The van der Waals surface area contributed by atoms with Gasteiger partial charge in [0.1, 0.15) is 5.76 Å². The Labute approximate surface area is 109 Å². The Kier molecular flexibility index (Phi) is 3.58. The van der Waals surface area contributed by atoms with E-state index in [0.29, 0.717) is 0 Å². The molecule has 0 saturated heterocycles. The summed E-state index contributed by atoms with van der Waals surface area (Å²) in [6.45, 7) is 6.64. The second-order valence-electron chi connectivity index (χ2n) is 5.76. The highest BCUT2D eigenvalue weighted by atomic mass is 16.3. The van der Waals surface area contributed by atoms with Crippen molar-refractivity contribution in [3.63, 3.8) is 0 Å². The van der Waals surface area contributed by atoms with E-state index in [4.69, 9.17) is 10.2 Å². The molecule has 1 aromatic heterocycles. The SMILES string of the molecule is CC(C)(C)c1ccc(C(N)Cc2ccco2)cc1. The van der Waals surface area contributed by atoms with Crippen LogP contribution in [0.2, 0.25) is 0 Å². The molecule has 0 bridgehead atoms. The van der Waals surface area contributed by atoms with Gasteiger partial charge in [-0.15, -0.1) is 0 Å². The molecule has 2 N–H and O–H groups in total. The van der Waals surface area contributed by atoms with Crippen LogP contribution in [-0.2, 0) is 11.8 Å². The van der Waals surface area contributed by atoms with Crippen molar-refractivity contribution in [2.24, 2.45) is 5.73 Å². The number of benzene rings is 1. The van der Waals surface area contributed by atoms with Gasteiger partial charge < -0.3 is 10.2 Å². The van der Waals surface area contributed by atoms with Crippen LogP contribution in [-0.4, -0.2) is 0 Å². The van der Waals surface area contributed by atoms with Gasteiger partial charge in [0.2, 0.25) is 0 Å². The maximum Gasteiger partial charge on any atom is 0.105 e. The van der Waals surface area contributed by atoms with Gasteiger partial charge in [-0.2, -0.15) is 0 Å². The van der Waals surface area contributed by atoms with Gasteiger partial charge in [-0.1, -0.05) is 45.0 Å². The van der Waals surface area contributed by atoms with Crippen LogP contribution in [0, 0.1) is 0 Å². The Hall–Kier alpha value is -1.54. The lowest BCUT2D eigenvalue weighted by Crippen LogP contribution is -2.15. The minimum Gasteiger partial charge on any atom is -0.469 e. The molecule has 0 aliphatic heterocycles. The van der Waals surface area contributed by atoms with Crippen molar-refractivity contribution in [3.8, 4) is 0 Å². The van der Waals surface area contributed by atoms with E-state index in [9.17, 15) is 0 Å². The summed E-state index contributed by atoms with van der Waals surface area (Å²) in [7, 11) is 0. The van der Waals surface area contributed by atoms with Crippen LogP contribution in [0.25, 0.3) is 0 Å². The van der Waals surface area contributed by atoms with Gasteiger partial charge >= 0.3 is 0 Å². The third kappa shape index (κ3) is 3.02. The zero-order valence-corrected chi connectivity index (χ0v) is 11.3. The molecular weight excluding hydrogens is 222 g/mol. The van der Waals surface area contributed by atoms with Crippen molar-refractivity contribution in [2.45, 2.75) is 38.6 Å². The molecular formula is C16H21NO. The quantitative estimate of drug-likeness (QED) is 0.890. The molecule has 0 fully saturated rings. The standard InChI is InChI=1S/C16H21NO/c1-16(2,3)13-8-6-12(7-9-13)15(17)11-14-5-4-10-18-14/h4-10,15H,11,17H2,1-3H3. The van der Waals surface area contributed by atoms with Crippen molar-refractivity contribution >= 4 is 0 Å². The zero-order valence-electron chi connectivity index (χ0n) is 11.3. The molecule has 0 aliphatic rings. The van der Waals surface area contributed by atoms with E-state index in [2.05, 4.69) is 45.0 Å². The van der Waals surface area contributed by atoms with Crippen LogP contribution >= 0.6 is 0 Å². The molecule has 2 nitrogen and oxygen atoms in total. The zero-order chi connectivity index (χ0) is 13.2. The Morgan fingerprint density at radius 2 is 1.78 bits per heavy atom. The molecule has 1 aromatic carbocycles. The summed E-state index contributed by atoms with van der Waals surface area (Å²) in [5.74, 6) is 0.933. The Morgan fingerprint density at radius 3 is 2.28 bits per heavy atom. The van der Waals surface area contributed by atoms with Crippen LogP contribution in [0.1, 0.15) is 43.7 Å². The molecule has 1 heterocycles. The Bertz CT molecular complexity index is 477. The van der Waals surface area contributed by atoms with Crippen molar-refractivity contribution in [1.82, 2.24) is 0 Å². The summed E-state index contributed by atoms with van der Waals surface area (Å²) >= 11 is 0. The molecule has 2 rings (SSSR count). The third-order valence-electron chi connectivity index (χ3n) is 3.21. The van der Waals surface area contributed by atoms with Gasteiger partial charge in [0.25, 0.3) is 0 Å². The topological polar surface area (TPSA) is 39.2 Å². The van der Waals surface area contributed by atoms with Crippen LogP contribution in [0.5, 0.6) is 0 Å². The Balaban J connectivity index is 2.10. The first-order chi connectivity index (χ1) is 8.47. The highest BCUT2D eigenvalue weighted by Gasteiger charge is 2.14. The summed E-state index contributed by atoms with van der Waals surface area (Å²) in [6, 6.07) is 12.4. The molecule has 18 heavy (non-hydrogen) atoms. The average Bonchev–Trinajstić information content (AvgIpc) is 2.81. The summed E-state index contributed by atoms with van der Waals surface area (Å²) in [4.78, 5) is 0. The van der Waals surface area contributed by atoms with Crippen LogP contribution in [0.3, 0.4) is 0 Å². The molecule has 0 aliphatic carbocycles. The van der Waals surface area contributed by atoms with Crippen LogP contribution < -0.4 is 5.73 Å². The highest BCUT2D eigenvalue weighted by molar-refractivity contribution is 5.29. The number of furan rings is 1. The monoisotopic (exact) mass is 243 g/mol. The van der Waals surface area contributed by atoms with E-state index in [1.807, 2.05) is 12.1 Å². The van der Waals surface area contributed by atoms with E-state index < -0.39 is 0 Å². The number of hydrogen-bond donors (Lipinski definition) is 1. The van der Waals surface area contributed by atoms with Gasteiger partial charge in [-0.05, 0) is 28.7 Å². The minimum absolute atomic E-state index is 0.00910. The molecule has 1 atom stereocenters. The van der Waals surface area contributed by atoms with Crippen molar-refractivity contribution < 1.29 is 4.42 Å². The smallest absolute Gasteiger partial charge is 0.105 e. The summed E-state index contributed by atoms with van der Waals surface area (Å²) in [6.07, 6.45) is 2.42. The van der Waals surface area contributed by atoms with E-state index in [1.165, 1.54) is 5.56 Å². The van der Waals surface area contributed by atoms with Crippen molar-refractivity contribution in [1.29, 1.82) is 0 Å². The van der Waals surface area contributed by atoms with E-state index in [1.54, 1.807) is 6.26 Å². The first kappa shape index (κ1) is 12.9. The van der Waals surface area contributed by atoms with Crippen molar-refractivity contribution in [2.75, 3.05) is 0 Å². The first-order valence-electron chi connectivity index (χ1n) is 6.35. The second kappa shape index (κ2) is 4.99. The van der Waals surface area contributed by atoms with Gasteiger partial charge in [-0.3, -0.25) is 0 Å².